The van der Waals surface area contributed by atoms with E-state index in [1.807, 2.05) is 24.3 Å². The molecule has 0 saturated heterocycles. The van der Waals surface area contributed by atoms with Gasteiger partial charge < -0.3 is 10.4 Å². The molecule has 2 N–H and O–H groups in total. The van der Waals surface area contributed by atoms with Crippen molar-refractivity contribution in [1.82, 2.24) is 0 Å². The molecule has 0 aliphatic carbocycles. The number of anilines is 1. The molecule has 2 aromatic rings. The van der Waals surface area contributed by atoms with Crippen molar-refractivity contribution in [1.29, 1.82) is 0 Å². The molecule has 18 heavy (non-hydrogen) atoms. The smallest absolute Gasteiger partial charge is 0.128 e. The Bertz CT molecular complexity index is 533. The van der Waals surface area contributed by atoms with E-state index in [-0.39, 0.29) is 12.4 Å². The van der Waals surface area contributed by atoms with Gasteiger partial charge in [-0.2, -0.15) is 0 Å². The predicted molar refractivity (Wildman–Crippen MR) is 74.0 cm³/mol. The summed E-state index contributed by atoms with van der Waals surface area (Å²) in [5.74, 6) is -0.320. The molecular weight excluding hydrogens is 297 g/mol. The third kappa shape index (κ3) is 3.09. The van der Waals surface area contributed by atoms with Crippen molar-refractivity contribution in [2.45, 2.75) is 6.04 Å². The lowest BCUT2D eigenvalue weighted by Gasteiger charge is -2.18. The molecule has 0 aromatic heterocycles. The number of halogens is 2. The van der Waals surface area contributed by atoms with Gasteiger partial charge in [0.25, 0.3) is 0 Å². The Morgan fingerprint density at radius 2 is 1.94 bits per heavy atom. The summed E-state index contributed by atoms with van der Waals surface area (Å²) < 4.78 is 14.6. The van der Waals surface area contributed by atoms with Crippen LogP contribution in [0, 0.1) is 5.82 Å². The van der Waals surface area contributed by atoms with E-state index in [0.717, 1.165) is 10.2 Å². The van der Waals surface area contributed by atoms with Gasteiger partial charge in [0.05, 0.1) is 12.6 Å². The molecule has 0 spiro atoms. The second-order valence-corrected chi connectivity index (χ2v) is 4.83. The second kappa shape index (κ2) is 5.98. The topological polar surface area (TPSA) is 32.3 Å². The van der Waals surface area contributed by atoms with E-state index >= 15 is 0 Å². The van der Waals surface area contributed by atoms with Gasteiger partial charge in [0, 0.05) is 15.7 Å². The molecule has 0 aliphatic rings. The molecule has 0 saturated carbocycles. The molecule has 2 aromatic carbocycles. The van der Waals surface area contributed by atoms with Crippen LogP contribution in [-0.4, -0.2) is 11.7 Å². The maximum Gasteiger partial charge on any atom is 0.128 e. The largest absolute Gasteiger partial charge is 0.394 e. The van der Waals surface area contributed by atoms with Crippen LogP contribution in [0.4, 0.5) is 10.1 Å². The molecule has 0 bridgehead atoms. The minimum absolute atomic E-state index is 0.173. The molecule has 2 rings (SSSR count). The van der Waals surface area contributed by atoms with Gasteiger partial charge >= 0.3 is 0 Å². The second-order valence-electron chi connectivity index (χ2n) is 3.91. The summed E-state index contributed by atoms with van der Waals surface area (Å²) in [5.41, 5.74) is 1.28. The first-order valence-corrected chi connectivity index (χ1v) is 6.37. The van der Waals surface area contributed by atoms with Crippen LogP contribution in [0.3, 0.4) is 0 Å². The van der Waals surface area contributed by atoms with Crippen LogP contribution in [0.15, 0.2) is 53.0 Å². The highest BCUT2D eigenvalue weighted by Gasteiger charge is 2.14. The zero-order chi connectivity index (χ0) is 13.0. The van der Waals surface area contributed by atoms with Gasteiger partial charge in [-0.1, -0.05) is 40.2 Å². The van der Waals surface area contributed by atoms with Crippen molar-refractivity contribution < 1.29 is 9.50 Å². The number of benzene rings is 2. The summed E-state index contributed by atoms with van der Waals surface area (Å²) in [5, 5.41) is 12.5. The number of hydrogen-bond donors (Lipinski definition) is 2. The number of aliphatic hydroxyl groups is 1. The first kappa shape index (κ1) is 13.1. The lowest BCUT2D eigenvalue weighted by Crippen LogP contribution is -2.16. The minimum atomic E-state index is -0.458. The molecule has 0 radical (unpaired) electrons. The highest BCUT2D eigenvalue weighted by molar-refractivity contribution is 9.10. The van der Waals surface area contributed by atoms with E-state index < -0.39 is 6.04 Å². The van der Waals surface area contributed by atoms with E-state index in [9.17, 15) is 9.50 Å². The number of hydrogen-bond acceptors (Lipinski definition) is 2. The van der Waals surface area contributed by atoms with Crippen LogP contribution in [0.1, 0.15) is 11.6 Å². The third-order valence-electron chi connectivity index (χ3n) is 2.63. The first-order valence-electron chi connectivity index (χ1n) is 5.58. The Kier molecular flexibility index (Phi) is 4.33. The van der Waals surface area contributed by atoms with E-state index in [2.05, 4.69) is 21.2 Å². The Hall–Kier alpha value is -1.39. The maximum absolute atomic E-state index is 13.6. The fourth-order valence-corrected chi connectivity index (χ4v) is 2.16. The van der Waals surface area contributed by atoms with Gasteiger partial charge in [-0.3, -0.25) is 0 Å². The average Bonchev–Trinajstić information content (AvgIpc) is 2.37. The van der Waals surface area contributed by atoms with Crippen molar-refractivity contribution in [3.8, 4) is 0 Å². The van der Waals surface area contributed by atoms with Crippen LogP contribution in [-0.2, 0) is 0 Å². The van der Waals surface area contributed by atoms with Gasteiger partial charge in [-0.05, 0) is 24.3 Å². The van der Waals surface area contributed by atoms with Gasteiger partial charge in [0.2, 0.25) is 0 Å². The Morgan fingerprint density at radius 3 is 2.61 bits per heavy atom. The molecule has 2 nitrogen and oxygen atoms in total. The van der Waals surface area contributed by atoms with E-state index in [4.69, 9.17) is 0 Å². The molecule has 0 fully saturated rings. The number of rotatable bonds is 4. The van der Waals surface area contributed by atoms with E-state index in [1.165, 1.54) is 6.07 Å². The maximum atomic E-state index is 13.6. The third-order valence-corrected chi connectivity index (χ3v) is 3.12. The van der Waals surface area contributed by atoms with Gasteiger partial charge in [0.1, 0.15) is 5.82 Å². The van der Waals surface area contributed by atoms with Crippen LogP contribution in [0.5, 0.6) is 0 Å². The van der Waals surface area contributed by atoms with Gasteiger partial charge in [-0.25, -0.2) is 4.39 Å². The normalized spacial score (nSPS) is 12.2. The van der Waals surface area contributed by atoms with Crippen LogP contribution < -0.4 is 5.32 Å². The summed E-state index contributed by atoms with van der Waals surface area (Å²) in [6.07, 6.45) is 0. The minimum Gasteiger partial charge on any atom is -0.394 e. The lowest BCUT2D eigenvalue weighted by atomic mass is 10.1. The van der Waals surface area contributed by atoms with Crippen LogP contribution in [0.2, 0.25) is 0 Å². The van der Waals surface area contributed by atoms with Gasteiger partial charge in [0.15, 0.2) is 0 Å². The Balaban J connectivity index is 2.23. The fraction of sp³-hybridized carbons (Fsp3) is 0.143. The summed E-state index contributed by atoms with van der Waals surface area (Å²) in [6.45, 7) is -0.173. The molecular formula is C14H13BrFNO. The summed E-state index contributed by atoms with van der Waals surface area (Å²) in [6, 6.07) is 13.5. The first-order chi connectivity index (χ1) is 8.70. The van der Waals surface area contributed by atoms with Crippen LogP contribution >= 0.6 is 15.9 Å². The quantitative estimate of drug-likeness (QED) is 0.902. The zero-order valence-corrected chi connectivity index (χ0v) is 11.2. The zero-order valence-electron chi connectivity index (χ0n) is 9.61. The summed E-state index contributed by atoms with van der Waals surface area (Å²) >= 11 is 3.37. The Morgan fingerprint density at radius 1 is 1.17 bits per heavy atom. The monoisotopic (exact) mass is 309 g/mol. The van der Waals surface area contributed by atoms with Crippen molar-refractivity contribution in [2.24, 2.45) is 0 Å². The molecule has 4 heteroatoms. The SMILES string of the molecule is OCC(Nc1cccc(Br)c1)c1ccccc1F. The molecule has 1 atom stereocenters. The van der Waals surface area contributed by atoms with Gasteiger partial charge in [-0.15, -0.1) is 0 Å². The average molecular weight is 310 g/mol. The number of nitrogens with one attached hydrogen (secondary N) is 1. The molecule has 94 valence electrons. The predicted octanol–water partition coefficient (Wildman–Crippen LogP) is 3.73. The molecule has 0 heterocycles. The van der Waals surface area contributed by atoms with E-state index in [0.29, 0.717) is 5.56 Å². The molecule has 0 amide bonds. The highest BCUT2D eigenvalue weighted by Crippen LogP contribution is 2.23. The van der Waals surface area contributed by atoms with Crippen molar-refractivity contribution >= 4 is 21.6 Å². The van der Waals surface area contributed by atoms with Crippen LogP contribution in [0.25, 0.3) is 0 Å². The summed E-state index contributed by atoms with van der Waals surface area (Å²) in [7, 11) is 0. The number of aliphatic hydroxyl groups excluding tert-OH is 1. The van der Waals surface area contributed by atoms with Crippen molar-refractivity contribution in [3.63, 3.8) is 0 Å². The Labute approximate surface area is 114 Å². The molecule has 1 unspecified atom stereocenters. The molecule has 0 aliphatic heterocycles. The van der Waals surface area contributed by atoms with E-state index in [1.54, 1.807) is 18.2 Å². The fourth-order valence-electron chi connectivity index (χ4n) is 1.76. The highest BCUT2D eigenvalue weighted by atomic mass is 79.9. The standard InChI is InChI=1S/C14H13BrFNO/c15-10-4-3-5-11(8-10)17-14(9-18)12-6-1-2-7-13(12)16/h1-8,14,17-18H,9H2. The van der Waals surface area contributed by atoms with Crippen molar-refractivity contribution in [3.05, 3.63) is 64.4 Å². The van der Waals surface area contributed by atoms with Crippen molar-refractivity contribution in [2.75, 3.05) is 11.9 Å². The lowest BCUT2D eigenvalue weighted by molar-refractivity contribution is 0.274. The summed E-state index contributed by atoms with van der Waals surface area (Å²) in [4.78, 5) is 0.